The lowest BCUT2D eigenvalue weighted by molar-refractivity contribution is -0.146. The maximum atomic E-state index is 12.8. The summed E-state index contributed by atoms with van der Waals surface area (Å²) in [5, 5.41) is 15.6. The largest absolute Gasteiger partial charge is 0.481 e. The fourth-order valence-corrected chi connectivity index (χ4v) is 5.26. The summed E-state index contributed by atoms with van der Waals surface area (Å²) in [4.78, 5) is 36.8. The molecular formula is C22H25ClN2O4. The number of carboxylic acid groups (broad SMARTS) is 1. The molecule has 2 bridgehead atoms. The molecule has 2 saturated carbocycles. The number of carbonyl (C=O) groups excluding carboxylic acids is 2. The van der Waals surface area contributed by atoms with Crippen LogP contribution < -0.4 is 10.6 Å². The van der Waals surface area contributed by atoms with Crippen molar-refractivity contribution in [3.63, 3.8) is 0 Å². The van der Waals surface area contributed by atoms with Crippen molar-refractivity contribution in [3.8, 4) is 0 Å². The van der Waals surface area contributed by atoms with Crippen molar-refractivity contribution in [3.05, 3.63) is 35.4 Å². The summed E-state index contributed by atoms with van der Waals surface area (Å²) < 4.78 is 0. The first-order chi connectivity index (χ1) is 13.9. The number of anilines is 2. The Morgan fingerprint density at radius 2 is 1.62 bits per heavy atom. The van der Waals surface area contributed by atoms with Gasteiger partial charge in [-0.25, -0.2) is 0 Å². The Morgan fingerprint density at radius 1 is 0.931 bits per heavy atom. The molecule has 7 heteroatoms. The predicted octanol–water partition coefficient (Wildman–Crippen LogP) is 4.32. The van der Waals surface area contributed by atoms with Crippen molar-refractivity contribution >= 4 is 40.8 Å². The molecule has 4 unspecified atom stereocenters. The van der Waals surface area contributed by atoms with E-state index in [2.05, 4.69) is 10.6 Å². The Morgan fingerprint density at radius 3 is 2.28 bits per heavy atom. The summed E-state index contributed by atoms with van der Waals surface area (Å²) in [5.74, 6) is -2.59. The average Bonchev–Trinajstić information content (AvgIpc) is 3.32. The molecule has 4 rings (SSSR count). The molecule has 3 N–H and O–H groups in total. The first-order valence-electron chi connectivity index (χ1n) is 10.3. The minimum atomic E-state index is -0.930. The molecule has 154 valence electrons. The van der Waals surface area contributed by atoms with Crippen molar-refractivity contribution in [2.24, 2.45) is 29.6 Å². The van der Waals surface area contributed by atoms with Gasteiger partial charge >= 0.3 is 5.97 Å². The van der Waals surface area contributed by atoms with E-state index in [1.165, 1.54) is 6.42 Å². The number of halogens is 1. The Bertz CT molecular complexity index is 862. The van der Waals surface area contributed by atoms with E-state index in [-0.39, 0.29) is 29.6 Å². The molecule has 3 aliphatic rings. The summed E-state index contributed by atoms with van der Waals surface area (Å²) in [6.07, 6.45) is 9.71. The van der Waals surface area contributed by atoms with Crippen LogP contribution in [0.1, 0.15) is 38.5 Å². The number of nitrogens with one attached hydrogen (secondary N) is 2. The van der Waals surface area contributed by atoms with Crippen molar-refractivity contribution in [2.45, 2.75) is 38.5 Å². The van der Waals surface area contributed by atoms with Crippen molar-refractivity contribution in [1.82, 2.24) is 0 Å². The van der Waals surface area contributed by atoms with E-state index in [0.717, 1.165) is 25.7 Å². The standard InChI is InChI=1S/C22H25ClN2O4/c23-16-11-15(8-9-17(16)25-20(26)12-4-2-1-3-5-12)24-21(27)18-13-6-7-14(10-13)19(18)22(28)29/h6-9,11-14,18-19H,1-5,10H2,(H,24,27)(H,25,26)(H,28,29). The van der Waals surface area contributed by atoms with Crippen LogP contribution in [0.3, 0.4) is 0 Å². The zero-order chi connectivity index (χ0) is 20.5. The molecule has 0 aliphatic heterocycles. The molecule has 2 fully saturated rings. The third-order valence-electron chi connectivity index (χ3n) is 6.52. The fraction of sp³-hybridized carbons (Fsp3) is 0.500. The van der Waals surface area contributed by atoms with Gasteiger partial charge in [0.2, 0.25) is 11.8 Å². The maximum Gasteiger partial charge on any atom is 0.307 e. The highest BCUT2D eigenvalue weighted by atomic mass is 35.5. The molecule has 4 atom stereocenters. The van der Waals surface area contributed by atoms with Crippen molar-refractivity contribution < 1.29 is 19.5 Å². The molecular weight excluding hydrogens is 392 g/mol. The van der Waals surface area contributed by atoms with Gasteiger partial charge < -0.3 is 15.7 Å². The van der Waals surface area contributed by atoms with Gasteiger partial charge in [-0.2, -0.15) is 0 Å². The van der Waals surface area contributed by atoms with Gasteiger partial charge in [-0.15, -0.1) is 0 Å². The number of fused-ring (bicyclic) bond motifs is 2. The second-order valence-electron chi connectivity index (χ2n) is 8.35. The molecule has 2 amide bonds. The van der Waals surface area contributed by atoms with Crippen molar-refractivity contribution in [1.29, 1.82) is 0 Å². The monoisotopic (exact) mass is 416 g/mol. The van der Waals surface area contributed by atoms with E-state index < -0.39 is 17.8 Å². The molecule has 0 aromatic heterocycles. The number of benzene rings is 1. The van der Waals surface area contributed by atoms with E-state index in [1.54, 1.807) is 18.2 Å². The lowest BCUT2D eigenvalue weighted by Crippen LogP contribution is -2.36. The average molecular weight is 417 g/mol. The van der Waals surface area contributed by atoms with Crippen LogP contribution in [0, 0.1) is 29.6 Å². The number of aliphatic carboxylic acids is 1. The lowest BCUT2D eigenvalue weighted by Gasteiger charge is -2.24. The van der Waals surface area contributed by atoms with E-state index in [9.17, 15) is 19.5 Å². The Balaban J connectivity index is 1.41. The van der Waals surface area contributed by atoms with Gasteiger partial charge in [-0.05, 0) is 49.3 Å². The Hall–Kier alpha value is -2.34. The van der Waals surface area contributed by atoms with E-state index >= 15 is 0 Å². The molecule has 0 radical (unpaired) electrons. The number of carboxylic acids is 1. The van der Waals surface area contributed by atoms with Gasteiger partial charge in [-0.3, -0.25) is 14.4 Å². The first-order valence-corrected chi connectivity index (χ1v) is 10.6. The highest BCUT2D eigenvalue weighted by Crippen LogP contribution is 2.48. The first kappa shape index (κ1) is 20.0. The van der Waals surface area contributed by atoms with Crippen LogP contribution >= 0.6 is 11.6 Å². The van der Waals surface area contributed by atoms with Crippen LogP contribution in [0.2, 0.25) is 5.02 Å². The molecule has 0 spiro atoms. The molecule has 6 nitrogen and oxygen atoms in total. The normalized spacial score (nSPS) is 28.3. The number of amides is 2. The van der Waals surface area contributed by atoms with E-state index in [4.69, 9.17) is 11.6 Å². The highest BCUT2D eigenvalue weighted by Gasteiger charge is 2.51. The highest BCUT2D eigenvalue weighted by molar-refractivity contribution is 6.34. The van der Waals surface area contributed by atoms with Gasteiger partial charge in [0.05, 0.1) is 22.5 Å². The number of rotatable bonds is 5. The van der Waals surface area contributed by atoms with Crippen LogP contribution in [0.4, 0.5) is 11.4 Å². The maximum absolute atomic E-state index is 12.8. The summed E-state index contributed by atoms with van der Waals surface area (Å²) in [7, 11) is 0. The van der Waals surface area contributed by atoms with Crippen LogP contribution in [0.15, 0.2) is 30.4 Å². The van der Waals surface area contributed by atoms with E-state index in [0.29, 0.717) is 22.8 Å². The number of carbonyl (C=O) groups is 3. The topological polar surface area (TPSA) is 95.5 Å². The zero-order valence-corrected chi connectivity index (χ0v) is 16.8. The molecule has 0 heterocycles. The number of hydrogen-bond acceptors (Lipinski definition) is 3. The second-order valence-corrected chi connectivity index (χ2v) is 8.75. The van der Waals surface area contributed by atoms with Gasteiger partial charge in [-0.1, -0.05) is 43.0 Å². The third-order valence-corrected chi connectivity index (χ3v) is 6.83. The van der Waals surface area contributed by atoms with Crippen LogP contribution in [-0.4, -0.2) is 22.9 Å². The van der Waals surface area contributed by atoms with Gasteiger partial charge in [0.1, 0.15) is 0 Å². The Kier molecular flexibility index (Phi) is 5.63. The van der Waals surface area contributed by atoms with Crippen LogP contribution in [-0.2, 0) is 14.4 Å². The zero-order valence-electron chi connectivity index (χ0n) is 16.1. The Labute approximate surface area is 174 Å². The second kappa shape index (κ2) is 8.19. The fourth-order valence-electron chi connectivity index (χ4n) is 5.04. The predicted molar refractivity (Wildman–Crippen MR) is 111 cm³/mol. The minimum absolute atomic E-state index is 0.0125. The summed E-state index contributed by atoms with van der Waals surface area (Å²) in [6.45, 7) is 0. The molecule has 29 heavy (non-hydrogen) atoms. The van der Waals surface area contributed by atoms with E-state index in [1.807, 2.05) is 12.2 Å². The van der Waals surface area contributed by atoms with Gasteiger partial charge in [0.15, 0.2) is 0 Å². The summed E-state index contributed by atoms with van der Waals surface area (Å²) in [5.41, 5.74) is 1.01. The molecule has 0 saturated heterocycles. The number of allylic oxidation sites excluding steroid dienone is 2. The molecule has 1 aromatic rings. The van der Waals surface area contributed by atoms with Crippen molar-refractivity contribution in [2.75, 3.05) is 10.6 Å². The summed E-state index contributed by atoms with van der Waals surface area (Å²) in [6, 6.07) is 4.95. The molecule has 1 aromatic carbocycles. The van der Waals surface area contributed by atoms with Gasteiger partial charge in [0.25, 0.3) is 0 Å². The summed E-state index contributed by atoms with van der Waals surface area (Å²) >= 11 is 6.33. The van der Waals surface area contributed by atoms with Crippen LogP contribution in [0.5, 0.6) is 0 Å². The van der Waals surface area contributed by atoms with Crippen LogP contribution in [0.25, 0.3) is 0 Å². The quantitative estimate of drug-likeness (QED) is 0.623. The molecule has 3 aliphatic carbocycles. The third kappa shape index (κ3) is 4.04. The van der Waals surface area contributed by atoms with Gasteiger partial charge in [0, 0.05) is 11.6 Å². The smallest absolute Gasteiger partial charge is 0.307 e. The SMILES string of the molecule is O=C(Nc1ccc(NC(=O)C2C3C=CC(C3)C2C(=O)O)cc1Cl)C1CCCCC1. The lowest BCUT2D eigenvalue weighted by atomic mass is 9.82. The minimum Gasteiger partial charge on any atom is -0.481 e. The number of hydrogen-bond donors (Lipinski definition) is 3.